The highest BCUT2D eigenvalue weighted by molar-refractivity contribution is 5.79. The van der Waals surface area contributed by atoms with Crippen molar-refractivity contribution in [3.63, 3.8) is 0 Å². The molecule has 25 heavy (non-hydrogen) atoms. The highest BCUT2D eigenvalue weighted by atomic mass is 16.2. The standard InChI is InChI=1S/C18H22N6O/c1-13-10-14(2)24(20-13)15-6-5-9-22(11-15)18(25)12-23-17-8-4-3-7-16(17)19-21-23/h3-4,7-8,10,15H,5-6,9,11-12H2,1-2H3. The molecule has 7 heteroatoms. The van der Waals surface area contributed by atoms with Crippen molar-refractivity contribution in [1.82, 2.24) is 29.7 Å². The first-order chi connectivity index (χ1) is 12.1. The number of aromatic nitrogens is 5. The van der Waals surface area contributed by atoms with Crippen LogP contribution in [0.5, 0.6) is 0 Å². The lowest BCUT2D eigenvalue weighted by atomic mass is 10.1. The largest absolute Gasteiger partial charge is 0.339 e. The van der Waals surface area contributed by atoms with Gasteiger partial charge in [-0.2, -0.15) is 5.10 Å². The lowest BCUT2D eigenvalue weighted by molar-refractivity contribution is -0.133. The molecule has 3 aromatic rings. The van der Waals surface area contributed by atoms with Crippen LogP contribution in [0.3, 0.4) is 0 Å². The van der Waals surface area contributed by atoms with Gasteiger partial charge in [-0.05, 0) is 44.9 Å². The summed E-state index contributed by atoms with van der Waals surface area (Å²) in [6, 6.07) is 10.0. The fourth-order valence-electron chi connectivity index (χ4n) is 3.66. The van der Waals surface area contributed by atoms with Crippen molar-refractivity contribution in [3.8, 4) is 0 Å². The number of carbonyl (C=O) groups excluding carboxylic acids is 1. The minimum absolute atomic E-state index is 0.0851. The number of benzene rings is 1. The van der Waals surface area contributed by atoms with Gasteiger partial charge in [-0.25, -0.2) is 4.68 Å². The third kappa shape index (κ3) is 3.01. The fourth-order valence-corrected chi connectivity index (χ4v) is 3.66. The van der Waals surface area contributed by atoms with Gasteiger partial charge in [0, 0.05) is 18.8 Å². The summed E-state index contributed by atoms with van der Waals surface area (Å²) in [5.41, 5.74) is 3.88. The maximum Gasteiger partial charge on any atom is 0.244 e. The van der Waals surface area contributed by atoms with Crippen LogP contribution in [0.1, 0.15) is 30.3 Å². The van der Waals surface area contributed by atoms with Crippen LogP contribution < -0.4 is 0 Å². The van der Waals surface area contributed by atoms with Crippen LogP contribution in [0.15, 0.2) is 30.3 Å². The molecule has 2 aromatic heterocycles. The Balaban J connectivity index is 1.49. The average molecular weight is 338 g/mol. The van der Waals surface area contributed by atoms with Gasteiger partial charge in [-0.1, -0.05) is 17.3 Å². The summed E-state index contributed by atoms with van der Waals surface area (Å²) in [4.78, 5) is 14.7. The minimum atomic E-state index is 0.0851. The van der Waals surface area contributed by atoms with Gasteiger partial charge in [-0.15, -0.1) is 5.10 Å². The van der Waals surface area contributed by atoms with E-state index in [1.54, 1.807) is 4.68 Å². The number of hydrogen-bond acceptors (Lipinski definition) is 4. The van der Waals surface area contributed by atoms with Crippen LogP contribution in [0.4, 0.5) is 0 Å². The average Bonchev–Trinajstić information content (AvgIpc) is 3.18. The summed E-state index contributed by atoms with van der Waals surface area (Å²) in [5, 5.41) is 12.8. The SMILES string of the molecule is Cc1cc(C)n(C2CCCN(C(=O)Cn3nnc4ccccc43)C2)n1. The van der Waals surface area contributed by atoms with Gasteiger partial charge in [0.15, 0.2) is 0 Å². The fraction of sp³-hybridized carbons (Fsp3) is 0.444. The predicted molar refractivity (Wildman–Crippen MR) is 94.1 cm³/mol. The number of para-hydroxylation sites is 1. The Labute approximate surface area is 146 Å². The molecule has 0 N–H and O–H groups in total. The molecule has 1 amide bonds. The minimum Gasteiger partial charge on any atom is -0.339 e. The van der Waals surface area contributed by atoms with Crippen LogP contribution in [0.2, 0.25) is 0 Å². The zero-order chi connectivity index (χ0) is 17.4. The van der Waals surface area contributed by atoms with E-state index in [9.17, 15) is 4.79 Å². The van der Waals surface area contributed by atoms with Crippen LogP contribution in [0.25, 0.3) is 11.0 Å². The van der Waals surface area contributed by atoms with E-state index in [4.69, 9.17) is 0 Å². The maximum atomic E-state index is 12.8. The van der Waals surface area contributed by atoms with Gasteiger partial charge >= 0.3 is 0 Å². The van der Waals surface area contributed by atoms with Crippen molar-refractivity contribution >= 4 is 16.9 Å². The number of amides is 1. The molecule has 0 aliphatic carbocycles. The molecule has 1 fully saturated rings. The van der Waals surface area contributed by atoms with E-state index in [1.165, 1.54) is 0 Å². The molecule has 1 atom stereocenters. The van der Waals surface area contributed by atoms with Crippen molar-refractivity contribution < 1.29 is 4.79 Å². The molecule has 0 saturated carbocycles. The Kier molecular flexibility index (Phi) is 3.99. The maximum absolute atomic E-state index is 12.8. The third-order valence-corrected chi connectivity index (χ3v) is 4.84. The monoisotopic (exact) mass is 338 g/mol. The molecular weight excluding hydrogens is 316 g/mol. The van der Waals surface area contributed by atoms with Gasteiger partial charge in [0.25, 0.3) is 0 Å². The van der Waals surface area contributed by atoms with Gasteiger partial charge in [0.1, 0.15) is 12.1 Å². The Morgan fingerprint density at radius 2 is 2.12 bits per heavy atom. The molecule has 1 aliphatic heterocycles. The molecule has 0 spiro atoms. The second kappa shape index (κ2) is 6.31. The summed E-state index contributed by atoms with van der Waals surface area (Å²) >= 11 is 0. The number of likely N-dealkylation sites (tertiary alicyclic amines) is 1. The number of fused-ring (bicyclic) bond motifs is 1. The van der Waals surface area contributed by atoms with Gasteiger partial charge in [0.05, 0.1) is 17.3 Å². The molecule has 4 rings (SSSR count). The molecule has 0 radical (unpaired) electrons. The number of piperidine rings is 1. The van der Waals surface area contributed by atoms with Crippen molar-refractivity contribution in [1.29, 1.82) is 0 Å². The van der Waals surface area contributed by atoms with Gasteiger partial charge < -0.3 is 4.90 Å². The van der Waals surface area contributed by atoms with Crippen LogP contribution in [0, 0.1) is 13.8 Å². The molecule has 1 aliphatic rings. The number of rotatable bonds is 3. The number of hydrogen-bond donors (Lipinski definition) is 0. The van der Waals surface area contributed by atoms with Crippen molar-refractivity contribution in [2.75, 3.05) is 13.1 Å². The molecule has 3 heterocycles. The molecule has 130 valence electrons. The van der Waals surface area contributed by atoms with E-state index in [0.29, 0.717) is 6.54 Å². The topological polar surface area (TPSA) is 68.8 Å². The predicted octanol–water partition coefficient (Wildman–Crippen LogP) is 2.11. The van der Waals surface area contributed by atoms with Gasteiger partial charge in [-0.3, -0.25) is 9.48 Å². The number of carbonyl (C=O) groups is 1. The first-order valence-corrected chi connectivity index (χ1v) is 8.70. The molecule has 1 aromatic carbocycles. The highest BCUT2D eigenvalue weighted by Crippen LogP contribution is 2.23. The lowest BCUT2D eigenvalue weighted by Crippen LogP contribution is -2.42. The van der Waals surface area contributed by atoms with Crippen LogP contribution in [-0.2, 0) is 11.3 Å². The van der Waals surface area contributed by atoms with Crippen molar-refractivity contribution in [2.24, 2.45) is 0 Å². The summed E-state index contributed by atoms with van der Waals surface area (Å²) < 4.78 is 3.75. The quantitative estimate of drug-likeness (QED) is 0.733. The molecule has 1 unspecified atom stereocenters. The van der Waals surface area contributed by atoms with Crippen molar-refractivity contribution in [3.05, 3.63) is 41.7 Å². The molecule has 0 bridgehead atoms. The number of nitrogens with zero attached hydrogens (tertiary/aromatic N) is 6. The molecular formula is C18H22N6O. The smallest absolute Gasteiger partial charge is 0.244 e. The normalized spacial score (nSPS) is 18.0. The Morgan fingerprint density at radius 3 is 2.92 bits per heavy atom. The summed E-state index contributed by atoms with van der Waals surface area (Å²) in [6.07, 6.45) is 2.05. The van der Waals surface area contributed by atoms with E-state index in [-0.39, 0.29) is 18.5 Å². The van der Waals surface area contributed by atoms with Crippen LogP contribution in [-0.4, -0.2) is 48.7 Å². The first-order valence-electron chi connectivity index (χ1n) is 8.70. The lowest BCUT2D eigenvalue weighted by Gasteiger charge is -2.33. The Hall–Kier alpha value is -2.70. The Morgan fingerprint density at radius 1 is 1.28 bits per heavy atom. The zero-order valence-electron chi connectivity index (χ0n) is 14.6. The van der Waals surface area contributed by atoms with E-state index < -0.39 is 0 Å². The van der Waals surface area contributed by atoms with Gasteiger partial charge in [0.2, 0.25) is 5.91 Å². The molecule has 7 nitrogen and oxygen atoms in total. The summed E-state index contributed by atoms with van der Waals surface area (Å²) in [5.74, 6) is 0.0851. The van der Waals surface area contributed by atoms with Crippen molar-refractivity contribution in [2.45, 2.75) is 39.3 Å². The summed E-state index contributed by atoms with van der Waals surface area (Å²) in [6.45, 7) is 5.80. The Bertz CT molecular complexity index is 911. The second-order valence-electron chi connectivity index (χ2n) is 6.74. The van der Waals surface area contributed by atoms with E-state index >= 15 is 0 Å². The zero-order valence-corrected chi connectivity index (χ0v) is 14.6. The highest BCUT2D eigenvalue weighted by Gasteiger charge is 2.26. The van der Waals surface area contributed by atoms with E-state index in [2.05, 4.69) is 33.1 Å². The van der Waals surface area contributed by atoms with E-state index in [0.717, 1.165) is 41.8 Å². The third-order valence-electron chi connectivity index (χ3n) is 4.84. The van der Waals surface area contributed by atoms with E-state index in [1.807, 2.05) is 36.1 Å². The first kappa shape index (κ1) is 15.8. The second-order valence-corrected chi connectivity index (χ2v) is 6.74. The summed E-state index contributed by atoms with van der Waals surface area (Å²) in [7, 11) is 0. The molecule has 1 saturated heterocycles. The van der Waals surface area contributed by atoms with Crippen LogP contribution >= 0.6 is 0 Å². The number of aryl methyl sites for hydroxylation is 2.